The van der Waals surface area contributed by atoms with E-state index in [0.29, 0.717) is 19.7 Å². The van der Waals surface area contributed by atoms with Gasteiger partial charge in [-0.15, -0.1) is 11.3 Å². The molecule has 0 fully saturated rings. The highest BCUT2D eigenvalue weighted by Gasteiger charge is 2.15. The minimum absolute atomic E-state index is 0.00698. The van der Waals surface area contributed by atoms with Gasteiger partial charge in [0.1, 0.15) is 0 Å². The fourth-order valence-corrected chi connectivity index (χ4v) is 3.13. The second-order valence-electron chi connectivity index (χ2n) is 4.89. The number of ether oxygens (including phenoxy) is 1. The summed E-state index contributed by atoms with van der Waals surface area (Å²) < 4.78 is 7.36. The molecule has 0 atom stereocenters. The van der Waals surface area contributed by atoms with Crippen LogP contribution in [0.2, 0.25) is 0 Å². The predicted molar refractivity (Wildman–Crippen MR) is 77.0 cm³/mol. The second-order valence-corrected chi connectivity index (χ2v) is 5.80. The molecule has 20 heavy (non-hydrogen) atoms. The first-order valence-electron chi connectivity index (χ1n) is 6.68. The van der Waals surface area contributed by atoms with Crippen LogP contribution in [0.5, 0.6) is 0 Å². The molecule has 3 rings (SSSR count). The quantitative estimate of drug-likeness (QED) is 0.934. The fraction of sp³-hybridized carbons (Fsp3) is 0.429. The minimum Gasteiger partial charge on any atom is -0.376 e. The second kappa shape index (κ2) is 5.76. The Morgan fingerprint density at radius 3 is 3.30 bits per heavy atom. The third-order valence-corrected chi connectivity index (χ3v) is 4.39. The summed E-state index contributed by atoms with van der Waals surface area (Å²) in [4.78, 5) is 12.7. The molecule has 6 heteroatoms. The molecule has 1 aliphatic heterocycles. The van der Waals surface area contributed by atoms with Crippen molar-refractivity contribution >= 4 is 17.2 Å². The van der Waals surface area contributed by atoms with Crippen molar-refractivity contribution in [2.24, 2.45) is 0 Å². The SMILES string of the molecule is Cc1csc(C(=O)NCCn2ncc3c2CCOC3)c1. The lowest BCUT2D eigenvalue weighted by atomic mass is 10.2. The molecule has 3 heterocycles. The van der Waals surface area contributed by atoms with Gasteiger partial charge in [0.05, 0.1) is 30.8 Å². The van der Waals surface area contributed by atoms with Crippen LogP contribution in [0.4, 0.5) is 0 Å². The van der Waals surface area contributed by atoms with Gasteiger partial charge >= 0.3 is 0 Å². The van der Waals surface area contributed by atoms with Crippen LogP contribution >= 0.6 is 11.3 Å². The molecule has 0 aliphatic carbocycles. The van der Waals surface area contributed by atoms with Crippen molar-refractivity contribution in [3.05, 3.63) is 39.3 Å². The minimum atomic E-state index is -0.00698. The number of fused-ring (bicyclic) bond motifs is 1. The summed E-state index contributed by atoms with van der Waals surface area (Å²) in [5.74, 6) is -0.00698. The van der Waals surface area contributed by atoms with Crippen LogP contribution < -0.4 is 5.32 Å². The van der Waals surface area contributed by atoms with E-state index in [1.807, 2.05) is 29.2 Å². The van der Waals surface area contributed by atoms with Gasteiger partial charge in [0.15, 0.2) is 0 Å². The number of thiophene rings is 1. The Morgan fingerprint density at radius 2 is 2.50 bits per heavy atom. The van der Waals surface area contributed by atoms with Crippen molar-refractivity contribution in [2.75, 3.05) is 13.2 Å². The molecule has 106 valence electrons. The van der Waals surface area contributed by atoms with Crippen LogP contribution in [-0.2, 0) is 24.3 Å². The van der Waals surface area contributed by atoms with Crippen LogP contribution in [0.3, 0.4) is 0 Å². The Morgan fingerprint density at radius 1 is 1.60 bits per heavy atom. The third-order valence-electron chi connectivity index (χ3n) is 3.34. The van der Waals surface area contributed by atoms with Crippen LogP contribution in [0.25, 0.3) is 0 Å². The summed E-state index contributed by atoms with van der Waals surface area (Å²) in [5.41, 5.74) is 3.52. The first-order chi connectivity index (χ1) is 9.74. The Labute approximate surface area is 121 Å². The van der Waals surface area contributed by atoms with Crippen LogP contribution in [0.15, 0.2) is 17.6 Å². The van der Waals surface area contributed by atoms with Gasteiger partial charge in [-0.1, -0.05) is 0 Å². The molecule has 0 aromatic carbocycles. The van der Waals surface area contributed by atoms with Crippen LogP contribution in [-0.4, -0.2) is 28.8 Å². The molecule has 0 unspecified atom stereocenters. The van der Waals surface area contributed by atoms with E-state index in [4.69, 9.17) is 4.74 Å². The predicted octanol–water partition coefficient (Wildman–Crippen LogP) is 1.76. The Kier molecular flexibility index (Phi) is 3.84. The van der Waals surface area contributed by atoms with Gasteiger partial charge in [0.25, 0.3) is 5.91 Å². The van der Waals surface area contributed by atoms with E-state index < -0.39 is 0 Å². The summed E-state index contributed by atoms with van der Waals surface area (Å²) in [5, 5.41) is 9.28. The molecule has 0 saturated heterocycles. The Bertz CT molecular complexity index is 618. The van der Waals surface area contributed by atoms with E-state index in [2.05, 4.69) is 10.4 Å². The van der Waals surface area contributed by atoms with Crippen LogP contribution in [0.1, 0.15) is 26.5 Å². The fourth-order valence-electron chi connectivity index (χ4n) is 2.32. The van der Waals surface area contributed by atoms with Gasteiger partial charge < -0.3 is 10.1 Å². The van der Waals surface area contributed by atoms with Crippen molar-refractivity contribution in [3.63, 3.8) is 0 Å². The lowest BCUT2D eigenvalue weighted by Gasteiger charge is -2.14. The zero-order valence-corrected chi connectivity index (χ0v) is 12.2. The molecule has 0 saturated carbocycles. The average molecular weight is 291 g/mol. The van der Waals surface area contributed by atoms with Crippen LogP contribution in [0, 0.1) is 6.92 Å². The lowest BCUT2D eigenvalue weighted by molar-refractivity contribution is 0.0954. The van der Waals surface area contributed by atoms with Gasteiger partial charge in [0.2, 0.25) is 0 Å². The molecule has 1 N–H and O–H groups in total. The maximum atomic E-state index is 11.9. The van der Waals surface area contributed by atoms with Gasteiger partial charge in [-0.05, 0) is 23.9 Å². The summed E-state index contributed by atoms with van der Waals surface area (Å²) in [6.45, 7) is 4.68. The third kappa shape index (κ3) is 2.76. The molecule has 2 aromatic heterocycles. The lowest BCUT2D eigenvalue weighted by Crippen LogP contribution is -2.27. The monoisotopic (exact) mass is 291 g/mol. The molecule has 0 radical (unpaired) electrons. The first kappa shape index (κ1) is 13.3. The molecule has 1 amide bonds. The highest BCUT2D eigenvalue weighted by Crippen LogP contribution is 2.16. The smallest absolute Gasteiger partial charge is 0.261 e. The largest absolute Gasteiger partial charge is 0.376 e. The first-order valence-corrected chi connectivity index (χ1v) is 7.56. The van der Waals surface area contributed by atoms with E-state index in [9.17, 15) is 4.79 Å². The number of carbonyl (C=O) groups excluding carboxylic acids is 1. The standard InChI is InChI=1S/C14H17N3O2S/c1-10-6-13(20-9-10)14(18)15-3-4-17-12-2-5-19-8-11(12)7-16-17/h6-7,9H,2-5,8H2,1H3,(H,15,18). The molecule has 5 nitrogen and oxygen atoms in total. The zero-order valence-electron chi connectivity index (χ0n) is 11.4. The highest BCUT2D eigenvalue weighted by atomic mass is 32.1. The van der Waals surface area contributed by atoms with E-state index >= 15 is 0 Å². The number of aromatic nitrogens is 2. The average Bonchev–Trinajstić information content (AvgIpc) is 3.06. The number of aryl methyl sites for hydroxylation is 1. The van der Waals surface area contributed by atoms with E-state index in [1.54, 1.807) is 0 Å². The number of amides is 1. The van der Waals surface area contributed by atoms with E-state index in [-0.39, 0.29) is 5.91 Å². The number of carbonyl (C=O) groups is 1. The molecule has 2 aromatic rings. The molecule has 0 spiro atoms. The van der Waals surface area contributed by atoms with E-state index in [1.165, 1.54) is 17.0 Å². The maximum absolute atomic E-state index is 11.9. The van der Waals surface area contributed by atoms with Crippen molar-refractivity contribution in [3.8, 4) is 0 Å². The normalized spacial score (nSPS) is 14.1. The summed E-state index contributed by atoms with van der Waals surface area (Å²) >= 11 is 1.48. The topological polar surface area (TPSA) is 56.2 Å². The molecular formula is C14H17N3O2S. The zero-order chi connectivity index (χ0) is 13.9. The Hall–Kier alpha value is -1.66. The van der Waals surface area contributed by atoms with Gasteiger partial charge in [-0.25, -0.2) is 0 Å². The summed E-state index contributed by atoms with van der Waals surface area (Å²) in [7, 11) is 0. The van der Waals surface area contributed by atoms with Crippen molar-refractivity contribution in [1.82, 2.24) is 15.1 Å². The number of hydrogen-bond acceptors (Lipinski definition) is 4. The Balaban J connectivity index is 1.55. The van der Waals surface area contributed by atoms with E-state index in [0.717, 1.165) is 29.0 Å². The van der Waals surface area contributed by atoms with Crippen molar-refractivity contribution < 1.29 is 9.53 Å². The maximum Gasteiger partial charge on any atom is 0.261 e. The number of rotatable bonds is 4. The van der Waals surface area contributed by atoms with Crippen molar-refractivity contribution in [1.29, 1.82) is 0 Å². The van der Waals surface area contributed by atoms with Crippen molar-refractivity contribution in [2.45, 2.75) is 26.5 Å². The molecule has 1 aliphatic rings. The number of hydrogen-bond donors (Lipinski definition) is 1. The number of nitrogens with zero attached hydrogens (tertiary/aromatic N) is 2. The molecular weight excluding hydrogens is 274 g/mol. The summed E-state index contributed by atoms with van der Waals surface area (Å²) in [6.07, 6.45) is 2.76. The molecule has 0 bridgehead atoms. The van der Waals surface area contributed by atoms with Gasteiger partial charge in [-0.2, -0.15) is 5.10 Å². The number of nitrogens with one attached hydrogen (secondary N) is 1. The van der Waals surface area contributed by atoms with Gasteiger partial charge in [0, 0.05) is 24.2 Å². The van der Waals surface area contributed by atoms with Gasteiger partial charge in [-0.3, -0.25) is 9.48 Å². The summed E-state index contributed by atoms with van der Waals surface area (Å²) in [6, 6.07) is 1.91. The highest BCUT2D eigenvalue weighted by molar-refractivity contribution is 7.12.